The first-order valence-electron chi connectivity index (χ1n) is 3.03. The molecule has 0 nitrogen and oxygen atoms in total. The fourth-order valence-electron chi connectivity index (χ4n) is 1.05. The first-order valence-corrected chi connectivity index (χ1v) is 3.47. The van der Waals surface area contributed by atoms with Gasteiger partial charge in [-0.1, -0.05) is 19.3 Å². The SMILES string of the molecule is ClC1CCCCC1.[Mg]. The van der Waals surface area contributed by atoms with Crippen LogP contribution in [-0.4, -0.2) is 28.4 Å². The summed E-state index contributed by atoms with van der Waals surface area (Å²) in [5.74, 6) is 0. The second kappa shape index (κ2) is 4.89. The van der Waals surface area contributed by atoms with Gasteiger partial charge >= 0.3 is 0 Å². The van der Waals surface area contributed by atoms with Crippen LogP contribution in [0, 0.1) is 0 Å². The van der Waals surface area contributed by atoms with Crippen LogP contribution in [0.25, 0.3) is 0 Å². The van der Waals surface area contributed by atoms with Crippen molar-refractivity contribution in [1.29, 1.82) is 0 Å². The first-order chi connectivity index (χ1) is 3.39. The van der Waals surface area contributed by atoms with E-state index < -0.39 is 0 Å². The van der Waals surface area contributed by atoms with E-state index in [0.717, 1.165) is 0 Å². The maximum Gasteiger partial charge on any atom is 0.0336 e. The highest BCUT2D eigenvalue weighted by Crippen LogP contribution is 2.21. The minimum Gasteiger partial charge on any atom is -0.123 e. The van der Waals surface area contributed by atoms with E-state index in [1.54, 1.807) is 0 Å². The van der Waals surface area contributed by atoms with Crippen LogP contribution in [-0.2, 0) is 0 Å². The van der Waals surface area contributed by atoms with Crippen molar-refractivity contribution in [3.05, 3.63) is 0 Å². The van der Waals surface area contributed by atoms with E-state index >= 15 is 0 Å². The topological polar surface area (TPSA) is 0 Å². The molecule has 0 amide bonds. The Morgan fingerprint density at radius 1 is 1.00 bits per heavy atom. The van der Waals surface area contributed by atoms with Crippen LogP contribution in [0.15, 0.2) is 0 Å². The molecule has 0 saturated heterocycles. The Balaban J connectivity index is 0.000000490. The molecular formula is C6H11ClMg. The molecule has 1 aliphatic carbocycles. The van der Waals surface area contributed by atoms with Gasteiger partial charge in [-0.2, -0.15) is 0 Å². The molecule has 0 N–H and O–H groups in total. The Hall–Kier alpha value is 1.06. The molecule has 2 heteroatoms. The number of rotatable bonds is 0. The lowest BCUT2D eigenvalue weighted by molar-refractivity contribution is 0.511. The first kappa shape index (κ1) is 9.06. The molecule has 0 aromatic heterocycles. The maximum absolute atomic E-state index is 5.82. The number of hydrogen-bond donors (Lipinski definition) is 0. The summed E-state index contributed by atoms with van der Waals surface area (Å²) < 4.78 is 0. The second-order valence-electron chi connectivity index (χ2n) is 2.24. The molecule has 0 bridgehead atoms. The Morgan fingerprint density at radius 3 is 1.75 bits per heavy atom. The van der Waals surface area contributed by atoms with E-state index in [9.17, 15) is 0 Å². The Morgan fingerprint density at radius 2 is 1.50 bits per heavy atom. The van der Waals surface area contributed by atoms with Crippen molar-refractivity contribution in [3.63, 3.8) is 0 Å². The van der Waals surface area contributed by atoms with E-state index in [1.165, 1.54) is 32.1 Å². The van der Waals surface area contributed by atoms with Crippen molar-refractivity contribution in [2.75, 3.05) is 0 Å². The molecular weight excluding hydrogens is 132 g/mol. The monoisotopic (exact) mass is 142 g/mol. The van der Waals surface area contributed by atoms with E-state index in [0.29, 0.717) is 5.38 Å². The standard InChI is InChI=1S/C6H11Cl.Mg/c7-6-4-2-1-3-5-6;/h6H,1-5H2;. The van der Waals surface area contributed by atoms with Gasteiger partial charge in [0.1, 0.15) is 0 Å². The third-order valence-corrected chi connectivity index (χ3v) is 1.97. The summed E-state index contributed by atoms with van der Waals surface area (Å²) in [6.45, 7) is 0. The summed E-state index contributed by atoms with van der Waals surface area (Å²) in [5.41, 5.74) is 0. The maximum atomic E-state index is 5.82. The number of halogens is 1. The van der Waals surface area contributed by atoms with E-state index in [1.807, 2.05) is 0 Å². The zero-order valence-electron chi connectivity index (χ0n) is 5.20. The van der Waals surface area contributed by atoms with Gasteiger partial charge in [0, 0.05) is 28.4 Å². The van der Waals surface area contributed by atoms with Crippen LogP contribution in [0.1, 0.15) is 32.1 Å². The molecule has 0 unspecified atom stereocenters. The third-order valence-electron chi connectivity index (χ3n) is 1.53. The summed E-state index contributed by atoms with van der Waals surface area (Å²) in [5, 5.41) is 0.508. The van der Waals surface area contributed by atoms with Crippen LogP contribution in [0.2, 0.25) is 0 Å². The lowest BCUT2D eigenvalue weighted by atomic mass is 10.0. The van der Waals surface area contributed by atoms with Crippen molar-refractivity contribution < 1.29 is 0 Å². The van der Waals surface area contributed by atoms with Gasteiger partial charge in [0.2, 0.25) is 0 Å². The highest BCUT2D eigenvalue weighted by molar-refractivity contribution is 6.20. The van der Waals surface area contributed by atoms with Crippen molar-refractivity contribution in [2.45, 2.75) is 37.5 Å². The molecule has 44 valence electrons. The molecule has 0 atom stereocenters. The quantitative estimate of drug-likeness (QED) is 0.360. The molecule has 1 fully saturated rings. The fourth-order valence-corrected chi connectivity index (χ4v) is 1.36. The number of alkyl halides is 1. The highest BCUT2D eigenvalue weighted by atomic mass is 35.5. The highest BCUT2D eigenvalue weighted by Gasteiger charge is 2.08. The predicted octanol–water partition coefficient (Wildman–Crippen LogP) is 2.18. The largest absolute Gasteiger partial charge is 0.123 e. The van der Waals surface area contributed by atoms with E-state index in [-0.39, 0.29) is 23.1 Å². The zero-order chi connectivity index (χ0) is 5.11. The van der Waals surface area contributed by atoms with Crippen LogP contribution in [0.5, 0.6) is 0 Å². The Kier molecular flexibility index (Phi) is 5.54. The lowest BCUT2D eigenvalue weighted by Gasteiger charge is -2.13. The van der Waals surface area contributed by atoms with Gasteiger partial charge in [-0.3, -0.25) is 0 Å². The van der Waals surface area contributed by atoms with Gasteiger partial charge in [0.15, 0.2) is 0 Å². The number of hydrogen-bond acceptors (Lipinski definition) is 0. The van der Waals surface area contributed by atoms with Crippen molar-refractivity contribution >= 4 is 34.7 Å². The van der Waals surface area contributed by atoms with Gasteiger partial charge in [-0.15, -0.1) is 11.6 Å². The Labute approximate surface area is 72.1 Å². The van der Waals surface area contributed by atoms with Gasteiger partial charge in [0.25, 0.3) is 0 Å². The molecule has 8 heavy (non-hydrogen) atoms. The third kappa shape index (κ3) is 3.16. The normalized spacial score (nSPS) is 22.1. The molecule has 2 radical (unpaired) electrons. The van der Waals surface area contributed by atoms with Gasteiger partial charge in [-0.05, 0) is 12.8 Å². The lowest BCUT2D eigenvalue weighted by Crippen LogP contribution is -2.03. The molecule has 1 saturated carbocycles. The smallest absolute Gasteiger partial charge is 0.0336 e. The molecule has 0 heterocycles. The second-order valence-corrected chi connectivity index (χ2v) is 2.85. The van der Waals surface area contributed by atoms with Gasteiger partial charge in [-0.25, -0.2) is 0 Å². The van der Waals surface area contributed by atoms with Gasteiger partial charge in [0.05, 0.1) is 0 Å². The average Bonchev–Trinajstić information content (AvgIpc) is 1.69. The zero-order valence-corrected chi connectivity index (χ0v) is 7.37. The summed E-state index contributed by atoms with van der Waals surface area (Å²) >= 11 is 5.82. The molecule has 0 spiro atoms. The van der Waals surface area contributed by atoms with Crippen LogP contribution >= 0.6 is 11.6 Å². The molecule has 1 aliphatic rings. The van der Waals surface area contributed by atoms with Crippen LogP contribution in [0.3, 0.4) is 0 Å². The van der Waals surface area contributed by atoms with Crippen molar-refractivity contribution in [2.24, 2.45) is 0 Å². The Bertz CT molecular complexity index is 50.5. The summed E-state index contributed by atoms with van der Waals surface area (Å²) in [7, 11) is 0. The molecule has 0 aliphatic heterocycles. The minimum absolute atomic E-state index is 0. The molecule has 1 rings (SSSR count). The average molecular weight is 143 g/mol. The minimum atomic E-state index is 0. The summed E-state index contributed by atoms with van der Waals surface area (Å²) in [6.07, 6.45) is 6.62. The van der Waals surface area contributed by atoms with Gasteiger partial charge < -0.3 is 0 Å². The van der Waals surface area contributed by atoms with E-state index in [2.05, 4.69) is 0 Å². The summed E-state index contributed by atoms with van der Waals surface area (Å²) in [6, 6.07) is 0. The van der Waals surface area contributed by atoms with Crippen LogP contribution in [0.4, 0.5) is 0 Å². The summed E-state index contributed by atoms with van der Waals surface area (Å²) in [4.78, 5) is 0. The van der Waals surface area contributed by atoms with Crippen molar-refractivity contribution in [3.8, 4) is 0 Å². The van der Waals surface area contributed by atoms with Crippen molar-refractivity contribution in [1.82, 2.24) is 0 Å². The van der Waals surface area contributed by atoms with Crippen LogP contribution < -0.4 is 0 Å². The molecule has 0 aromatic rings. The van der Waals surface area contributed by atoms with E-state index in [4.69, 9.17) is 11.6 Å². The molecule has 0 aromatic carbocycles. The fraction of sp³-hybridized carbons (Fsp3) is 1.00. The predicted molar refractivity (Wildman–Crippen MR) is 38.5 cm³/mol.